The summed E-state index contributed by atoms with van der Waals surface area (Å²) in [6.45, 7) is 0.570. The molecule has 0 spiro atoms. The third kappa shape index (κ3) is 3.07. The fourth-order valence-electron chi connectivity index (χ4n) is 1.49. The minimum Gasteiger partial charge on any atom is -0.378 e. The van der Waals surface area contributed by atoms with Gasteiger partial charge in [0, 0.05) is 15.5 Å². The van der Waals surface area contributed by atoms with E-state index in [2.05, 4.69) is 37.2 Å². The minimum absolute atomic E-state index is 0.258. The van der Waals surface area contributed by atoms with E-state index in [0.29, 0.717) is 12.2 Å². The Hall–Kier alpha value is -0.870. The van der Waals surface area contributed by atoms with Gasteiger partial charge in [-0.25, -0.2) is 4.39 Å². The van der Waals surface area contributed by atoms with E-state index in [-0.39, 0.29) is 5.82 Å². The molecule has 0 atom stereocenters. The van der Waals surface area contributed by atoms with Crippen molar-refractivity contribution in [1.29, 1.82) is 0 Å². The molecule has 0 aliphatic heterocycles. The lowest BCUT2D eigenvalue weighted by atomic mass is 10.2. The molecule has 88 valence electrons. The zero-order valence-electron chi connectivity index (χ0n) is 8.88. The molecular formula is C13H10Br2FN. The number of nitrogens with one attached hydrogen (secondary N) is 1. The minimum atomic E-state index is -0.258. The topological polar surface area (TPSA) is 12.0 Å². The molecule has 4 heteroatoms. The summed E-state index contributed by atoms with van der Waals surface area (Å²) in [5.41, 5.74) is 1.57. The molecule has 0 unspecified atom stereocenters. The summed E-state index contributed by atoms with van der Waals surface area (Å²) < 4.78 is 15.3. The number of hydrogen-bond acceptors (Lipinski definition) is 1. The molecule has 0 heterocycles. The number of anilines is 1. The highest BCUT2D eigenvalue weighted by Gasteiger charge is 2.06. The molecule has 0 fully saturated rings. The van der Waals surface area contributed by atoms with Crippen molar-refractivity contribution in [2.24, 2.45) is 0 Å². The van der Waals surface area contributed by atoms with Crippen molar-refractivity contribution in [1.82, 2.24) is 0 Å². The molecule has 0 aliphatic rings. The highest BCUT2D eigenvalue weighted by Crippen LogP contribution is 2.26. The second-order valence-corrected chi connectivity index (χ2v) is 5.25. The zero-order chi connectivity index (χ0) is 12.3. The molecule has 1 nitrogen and oxygen atoms in total. The van der Waals surface area contributed by atoms with E-state index in [9.17, 15) is 4.39 Å². The Kier molecular flexibility index (Phi) is 4.18. The van der Waals surface area contributed by atoms with E-state index >= 15 is 0 Å². The molecule has 0 aliphatic carbocycles. The molecule has 0 saturated carbocycles. The molecular weight excluding hydrogens is 349 g/mol. The lowest BCUT2D eigenvalue weighted by Crippen LogP contribution is -2.02. The van der Waals surface area contributed by atoms with Gasteiger partial charge in [0.2, 0.25) is 0 Å². The van der Waals surface area contributed by atoms with Gasteiger partial charge in [0.15, 0.2) is 0 Å². The lowest BCUT2D eigenvalue weighted by Gasteiger charge is -2.10. The van der Waals surface area contributed by atoms with Crippen LogP contribution in [-0.2, 0) is 6.54 Å². The second-order valence-electron chi connectivity index (χ2n) is 3.54. The Balaban J connectivity index is 2.16. The lowest BCUT2D eigenvalue weighted by molar-refractivity contribution is 0.629. The average Bonchev–Trinajstić information content (AvgIpc) is 2.30. The van der Waals surface area contributed by atoms with Crippen LogP contribution in [0, 0.1) is 5.82 Å². The summed E-state index contributed by atoms with van der Waals surface area (Å²) in [6, 6.07) is 12.8. The summed E-state index contributed by atoms with van der Waals surface area (Å²) in [5, 5.41) is 3.09. The first-order valence-corrected chi connectivity index (χ1v) is 6.68. The molecule has 1 N–H and O–H groups in total. The monoisotopic (exact) mass is 357 g/mol. The van der Waals surface area contributed by atoms with Crippen molar-refractivity contribution in [3.63, 3.8) is 0 Å². The summed E-state index contributed by atoms with van der Waals surface area (Å²) in [6.07, 6.45) is 0. The van der Waals surface area contributed by atoms with Crippen molar-refractivity contribution < 1.29 is 4.39 Å². The maximum absolute atomic E-state index is 13.5. The van der Waals surface area contributed by atoms with Crippen molar-refractivity contribution >= 4 is 37.5 Å². The van der Waals surface area contributed by atoms with Crippen molar-refractivity contribution in [2.45, 2.75) is 6.54 Å². The molecule has 0 saturated heterocycles. The number of halogens is 3. The van der Waals surface area contributed by atoms with Crippen LogP contribution in [0.5, 0.6) is 0 Å². The molecule has 2 aromatic rings. The van der Waals surface area contributed by atoms with Crippen LogP contribution < -0.4 is 5.32 Å². The SMILES string of the molecule is Fc1cccc(Br)c1NCc1ccccc1Br. The first kappa shape index (κ1) is 12.6. The third-order valence-electron chi connectivity index (χ3n) is 2.38. The van der Waals surface area contributed by atoms with Gasteiger partial charge in [-0.05, 0) is 39.7 Å². The van der Waals surface area contributed by atoms with Crippen LogP contribution >= 0.6 is 31.9 Å². The fraction of sp³-hybridized carbons (Fsp3) is 0.0769. The number of rotatable bonds is 3. The smallest absolute Gasteiger partial charge is 0.147 e. The first-order chi connectivity index (χ1) is 8.18. The highest BCUT2D eigenvalue weighted by atomic mass is 79.9. The summed E-state index contributed by atoms with van der Waals surface area (Å²) in [5.74, 6) is -0.258. The number of hydrogen-bond donors (Lipinski definition) is 1. The largest absolute Gasteiger partial charge is 0.378 e. The summed E-state index contributed by atoms with van der Waals surface area (Å²) in [7, 11) is 0. The Labute approximate surface area is 116 Å². The predicted molar refractivity (Wildman–Crippen MR) is 75.6 cm³/mol. The highest BCUT2D eigenvalue weighted by molar-refractivity contribution is 9.10. The van der Waals surface area contributed by atoms with Gasteiger partial charge in [0.1, 0.15) is 5.82 Å². The van der Waals surface area contributed by atoms with Crippen LogP contribution in [0.25, 0.3) is 0 Å². The standard InChI is InChI=1S/C13H10Br2FN/c14-10-5-2-1-4-9(10)8-17-13-11(15)6-3-7-12(13)16/h1-7,17H,8H2. The Morgan fingerprint density at radius 1 is 0.941 bits per heavy atom. The van der Waals surface area contributed by atoms with Crippen molar-refractivity contribution in [3.8, 4) is 0 Å². The molecule has 0 aromatic heterocycles. The average molecular weight is 359 g/mol. The molecule has 17 heavy (non-hydrogen) atoms. The van der Waals surface area contributed by atoms with Gasteiger partial charge >= 0.3 is 0 Å². The zero-order valence-corrected chi connectivity index (χ0v) is 12.1. The third-order valence-corrected chi connectivity index (χ3v) is 3.81. The maximum Gasteiger partial charge on any atom is 0.147 e. The van der Waals surface area contributed by atoms with Crippen LogP contribution in [-0.4, -0.2) is 0 Å². The quantitative estimate of drug-likeness (QED) is 0.817. The van der Waals surface area contributed by atoms with Gasteiger partial charge < -0.3 is 5.32 Å². The number of benzene rings is 2. The van der Waals surface area contributed by atoms with Crippen molar-refractivity contribution in [2.75, 3.05) is 5.32 Å². The van der Waals surface area contributed by atoms with E-state index in [4.69, 9.17) is 0 Å². The van der Waals surface area contributed by atoms with Crippen LogP contribution in [0.4, 0.5) is 10.1 Å². The molecule has 0 radical (unpaired) electrons. The fourth-order valence-corrected chi connectivity index (χ4v) is 2.40. The summed E-state index contributed by atoms with van der Waals surface area (Å²) >= 11 is 6.79. The van der Waals surface area contributed by atoms with Crippen LogP contribution in [0.2, 0.25) is 0 Å². The predicted octanol–water partition coefficient (Wildman–Crippen LogP) is 4.96. The molecule has 2 rings (SSSR count). The Bertz CT molecular complexity index is 508. The van der Waals surface area contributed by atoms with Gasteiger partial charge in [-0.1, -0.05) is 40.2 Å². The molecule has 0 bridgehead atoms. The van der Waals surface area contributed by atoms with E-state index in [0.717, 1.165) is 14.5 Å². The number of para-hydroxylation sites is 1. The van der Waals surface area contributed by atoms with E-state index in [1.165, 1.54) is 6.07 Å². The Morgan fingerprint density at radius 2 is 1.65 bits per heavy atom. The second kappa shape index (κ2) is 5.65. The Morgan fingerprint density at radius 3 is 2.35 bits per heavy atom. The van der Waals surface area contributed by atoms with Gasteiger partial charge in [0.25, 0.3) is 0 Å². The van der Waals surface area contributed by atoms with Gasteiger partial charge in [0.05, 0.1) is 5.69 Å². The van der Waals surface area contributed by atoms with Gasteiger partial charge in [-0.3, -0.25) is 0 Å². The maximum atomic E-state index is 13.5. The van der Waals surface area contributed by atoms with E-state index in [1.54, 1.807) is 6.07 Å². The van der Waals surface area contributed by atoms with Gasteiger partial charge in [-0.2, -0.15) is 0 Å². The van der Waals surface area contributed by atoms with Gasteiger partial charge in [-0.15, -0.1) is 0 Å². The first-order valence-electron chi connectivity index (χ1n) is 5.10. The van der Waals surface area contributed by atoms with E-state index < -0.39 is 0 Å². The summed E-state index contributed by atoms with van der Waals surface area (Å²) in [4.78, 5) is 0. The van der Waals surface area contributed by atoms with Crippen LogP contribution in [0.3, 0.4) is 0 Å². The normalized spacial score (nSPS) is 10.3. The van der Waals surface area contributed by atoms with Crippen molar-refractivity contribution in [3.05, 3.63) is 62.8 Å². The van der Waals surface area contributed by atoms with E-state index in [1.807, 2.05) is 30.3 Å². The van der Waals surface area contributed by atoms with Crippen LogP contribution in [0.1, 0.15) is 5.56 Å². The molecule has 2 aromatic carbocycles. The van der Waals surface area contributed by atoms with Crippen LogP contribution in [0.15, 0.2) is 51.4 Å². The molecule has 0 amide bonds.